The van der Waals surface area contributed by atoms with Gasteiger partial charge in [0.1, 0.15) is 12.1 Å². The molecular formula is C36H42N4O5S2. The lowest BCUT2D eigenvalue weighted by molar-refractivity contribution is -0.147. The van der Waals surface area contributed by atoms with Crippen LogP contribution in [-0.2, 0) is 32.6 Å². The van der Waals surface area contributed by atoms with Gasteiger partial charge >= 0.3 is 0 Å². The predicted molar refractivity (Wildman–Crippen MR) is 189 cm³/mol. The van der Waals surface area contributed by atoms with E-state index in [1.54, 1.807) is 18.2 Å². The number of amides is 2. The van der Waals surface area contributed by atoms with Crippen molar-refractivity contribution in [2.45, 2.75) is 61.6 Å². The van der Waals surface area contributed by atoms with Crippen molar-refractivity contribution in [3.05, 3.63) is 108 Å². The van der Waals surface area contributed by atoms with Crippen LogP contribution >= 0.6 is 11.8 Å². The summed E-state index contributed by atoms with van der Waals surface area (Å²) >= 11 is 1.44. The summed E-state index contributed by atoms with van der Waals surface area (Å²) in [5, 5.41) is 15.9. The van der Waals surface area contributed by atoms with Gasteiger partial charge in [-0.2, -0.15) is 0 Å². The first-order valence-electron chi connectivity index (χ1n) is 15.5. The molecule has 1 heterocycles. The molecule has 0 unspecified atom stereocenters. The Bertz CT molecular complexity index is 1860. The molecule has 47 heavy (non-hydrogen) atoms. The van der Waals surface area contributed by atoms with Gasteiger partial charge in [-0.1, -0.05) is 78.9 Å². The smallest absolute Gasteiger partial charge is 0.254 e. The molecule has 0 spiro atoms. The summed E-state index contributed by atoms with van der Waals surface area (Å²) in [6.07, 6.45) is -1.71. The molecule has 1 aliphatic rings. The van der Waals surface area contributed by atoms with Gasteiger partial charge in [0.25, 0.3) is 5.91 Å². The Hall–Kier alpha value is -3.90. The van der Waals surface area contributed by atoms with E-state index in [1.807, 2.05) is 106 Å². The summed E-state index contributed by atoms with van der Waals surface area (Å²) in [6, 6.07) is 25.3. The van der Waals surface area contributed by atoms with Gasteiger partial charge < -0.3 is 20.2 Å². The molecule has 2 amide bonds. The molecule has 3 N–H and O–H groups in total. The molecule has 0 bridgehead atoms. The minimum atomic E-state index is -4.23. The van der Waals surface area contributed by atoms with Crippen molar-refractivity contribution >= 4 is 50.1 Å². The molecule has 0 aliphatic carbocycles. The SMILES string of the molecule is Cc1ccccc1CNC(=O)[C@H]1N(C(=O)[C@@H](O)[C@H](Cc2ccccc2)NS(=O)(=O)c2cccc3c(N(C)C)cccc23)CSC1(C)C. The second kappa shape index (κ2) is 14.1. The Morgan fingerprint density at radius 3 is 2.32 bits per heavy atom. The van der Waals surface area contributed by atoms with Crippen LogP contribution in [0.1, 0.15) is 30.5 Å². The molecule has 0 saturated carbocycles. The third-order valence-electron chi connectivity index (χ3n) is 8.66. The first-order valence-corrected chi connectivity index (χ1v) is 18.0. The third kappa shape index (κ3) is 7.49. The maximum absolute atomic E-state index is 14.1. The Kier molecular flexibility index (Phi) is 10.3. The zero-order chi connectivity index (χ0) is 33.9. The number of nitrogens with one attached hydrogen (secondary N) is 2. The highest BCUT2D eigenvalue weighted by Gasteiger charge is 2.50. The maximum Gasteiger partial charge on any atom is 0.254 e. The van der Waals surface area contributed by atoms with Crippen LogP contribution in [0.5, 0.6) is 0 Å². The largest absolute Gasteiger partial charge is 0.382 e. The van der Waals surface area contributed by atoms with Crippen LogP contribution in [0.4, 0.5) is 5.69 Å². The Morgan fingerprint density at radius 2 is 1.62 bits per heavy atom. The number of hydrogen-bond donors (Lipinski definition) is 3. The van der Waals surface area contributed by atoms with E-state index in [1.165, 1.54) is 22.7 Å². The zero-order valence-electron chi connectivity index (χ0n) is 27.3. The van der Waals surface area contributed by atoms with Gasteiger partial charge in [0, 0.05) is 41.8 Å². The quantitative estimate of drug-likeness (QED) is 0.215. The minimum absolute atomic E-state index is 0.0442. The number of benzene rings is 4. The molecule has 5 rings (SSSR count). The molecule has 9 nitrogen and oxygen atoms in total. The average molecular weight is 675 g/mol. The van der Waals surface area contributed by atoms with Crippen molar-refractivity contribution in [2.75, 3.05) is 24.9 Å². The number of hydrogen-bond acceptors (Lipinski definition) is 7. The summed E-state index contributed by atoms with van der Waals surface area (Å²) in [7, 11) is -0.452. The Morgan fingerprint density at radius 1 is 0.957 bits per heavy atom. The highest BCUT2D eigenvalue weighted by Crippen LogP contribution is 2.40. The number of anilines is 1. The van der Waals surface area contributed by atoms with Crippen molar-refractivity contribution in [2.24, 2.45) is 0 Å². The first kappa shape index (κ1) is 34.4. The molecule has 4 aromatic carbocycles. The van der Waals surface area contributed by atoms with E-state index >= 15 is 0 Å². The molecule has 1 aliphatic heterocycles. The second-order valence-electron chi connectivity index (χ2n) is 12.6. The molecule has 0 aromatic heterocycles. The van der Waals surface area contributed by atoms with E-state index in [2.05, 4.69) is 10.0 Å². The van der Waals surface area contributed by atoms with Crippen LogP contribution in [0, 0.1) is 6.92 Å². The van der Waals surface area contributed by atoms with Gasteiger partial charge in [-0.25, -0.2) is 13.1 Å². The van der Waals surface area contributed by atoms with Crippen LogP contribution < -0.4 is 14.9 Å². The molecule has 248 valence electrons. The molecule has 0 radical (unpaired) electrons. The van der Waals surface area contributed by atoms with Crippen molar-refractivity contribution in [1.82, 2.24) is 14.9 Å². The number of aliphatic hydroxyl groups excluding tert-OH is 1. The van der Waals surface area contributed by atoms with Gasteiger partial charge in [-0.05, 0) is 56.0 Å². The lowest BCUT2D eigenvalue weighted by Crippen LogP contribution is -2.58. The molecule has 11 heteroatoms. The van der Waals surface area contributed by atoms with Gasteiger partial charge in [-0.15, -0.1) is 11.8 Å². The third-order valence-corrected chi connectivity index (χ3v) is 11.6. The van der Waals surface area contributed by atoms with Crippen LogP contribution in [0.25, 0.3) is 10.8 Å². The normalized spacial score (nSPS) is 17.3. The summed E-state index contributed by atoms with van der Waals surface area (Å²) in [4.78, 5) is 31.1. The van der Waals surface area contributed by atoms with Gasteiger partial charge in [0.2, 0.25) is 15.9 Å². The van der Waals surface area contributed by atoms with E-state index in [0.29, 0.717) is 11.9 Å². The number of carbonyl (C=O) groups is 2. The molecule has 4 aromatic rings. The molecular weight excluding hydrogens is 633 g/mol. The van der Waals surface area contributed by atoms with Gasteiger partial charge in [0.15, 0.2) is 0 Å². The number of rotatable bonds is 11. The fraction of sp³-hybridized carbons (Fsp3) is 0.333. The monoisotopic (exact) mass is 674 g/mol. The fourth-order valence-corrected chi connectivity index (χ4v) is 8.68. The van der Waals surface area contributed by atoms with Crippen molar-refractivity contribution < 1.29 is 23.1 Å². The fourth-order valence-electron chi connectivity index (χ4n) is 6.08. The zero-order valence-corrected chi connectivity index (χ0v) is 28.9. The second-order valence-corrected chi connectivity index (χ2v) is 15.9. The topological polar surface area (TPSA) is 119 Å². The minimum Gasteiger partial charge on any atom is -0.382 e. The van der Waals surface area contributed by atoms with Crippen molar-refractivity contribution in [3.63, 3.8) is 0 Å². The number of carbonyl (C=O) groups excluding carboxylic acids is 2. The number of aryl methyl sites for hydroxylation is 1. The molecule has 1 saturated heterocycles. The standard InChI is InChI=1S/C36H42N4O5S2/c1-24-13-9-10-16-26(24)22-37-34(42)33-36(2,3)46-23-40(33)35(43)32(41)29(21-25-14-7-6-8-15-25)38-47(44,45)31-20-12-17-27-28(31)18-11-19-30(27)39(4)5/h6-20,29,32-33,38,41H,21-23H2,1-5H3,(H,37,42)/t29-,32-,33+/m0/s1. The van der Waals surface area contributed by atoms with E-state index < -0.39 is 38.9 Å². The first-order chi connectivity index (χ1) is 22.3. The van der Waals surface area contributed by atoms with Crippen molar-refractivity contribution in [3.8, 4) is 0 Å². The highest BCUT2D eigenvalue weighted by atomic mass is 32.2. The summed E-state index contributed by atoms with van der Waals surface area (Å²) < 4.78 is 30.2. The van der Waals surface area contributed by atoms with Crippen LogP contribution in [-0.4, -0.2) is 73.1 Å². The predicted octanol–water partition coefficient (Wildman–Crippen LogP) is 4.46. The van der Waals surface area contributed by atoms with Crippen LogP contribution in [0.3, 0.4) is 0 Å². The van der Waals surface area contributed by atoms with E-state index in [4.69, 9.17) is 0 Å². The summed E-state index contributed by atoms with van der Waals surface area (Å²) in [6.45, 7) is 6.05. The Balaban J connectivity index is 1.44. The highest BCUT2D eigenvalue weighted by molar-refractivity contribution is 8.00. The maximum atomic E-state index is 14.1. The van der Waals surface area contributed by atoms with E-state index in [-0.39, 0.29) is 23.1 Å². The Labute approximate surface area is 281 Å². The van der Waals surface area contributed by atoms with Crippen LogP contribution in [0.2, 0.25) is 0 Å². The van der Waals surface area contributed by atoms with Crippen LogP contribution in [0.15, 0.2) is 95.9 Å². The van der Waals surface area contributed by atoms with E-state index in [0.717, 1.165) is 27.8 Å². The molecule has 3 atom stereocenters. The summed E-state index contributed by atoms with van der Waals surface area (Å²) in [5.74, 6) is -0.876. The van der Waals surface area contributed by atoms with Gasteiger partial charge in [0.05, 0.1) is 16.8 Å². The number of fused-ring (bicyclic) bond motifs is 1. The van der Waals surface area contributed by atoms with Crippen molar-refractivity contribution in [1.29, 1.82) is 0 Å². The number of nitrogens with zero attached hydrogens (tertiary/aromatic N) is 2. The number of aliphatic hydroxyl groups is 1. The average Bonchev–Trinajstić information content (AvgIpc) is 3.37. The summed E-state index contributed by atoms with van der Waals surface area (Å²) in [5.41, 5.74) is 3.60. The van der Waals surface area contributed by atoms with Gasteiger partial charge in [-0.3, -0.25) is 9.59 Å². The number of sulfonamides is 1. The van der Waals surface area contributed by atoms with E-state index in [9.17, 15) is 23.1 Å². The lowest BCUT2D eigenvalue weighted by Gasteiger charge is -2.33. The molecule has 1 fully saturated rings. The lowest BCUT2D eigenvalue weighted by atomic mass is 9.97. The number of thioether (sulfide) groups is 1.